The second-order valence-corrected chi connectivity index (χ2v) is 6.11. The maximum atomic E-state index is 13.0. The van der Waals surface area contributed by atoms with Crippen LogP contribution in [0.15, 0.2) is 48.5 Å². The summed E-state index contributed by atoms with van der Waals surface area (Å²) in [5.41, 5.74) is 1.47. The first kappa shape index (κ1) is 16.5. The molecular weight excluding hydrogens is 331 g/mol. The number of anilines is 1. The standard InChI is InChI=1S/C18H16ClFN2O2/c19-13-3-1-12(2-4-13)11-17(23)21-16-9-10-22(18(16)24)15-7-5-14(20)6-8-15/h1-8,16H,9-11H2,(H,21,23). The number of nitrogens with one attached hydrogen (secondary N) is 1. The molecule has 124 valence electrons. The molecule has 6 heteroatoms. The van der Waals surface area contributed by atoms with Crippen molar-refractivity contribution in [1.29, 1.82) is 0 Å². The van der Waals surface area contributed by atoms with E-state index in [-0.39, 0.29) is 24.1 Å². The average Bonchev–Trinajstić information content (AvgIpc) is 2.91. The molecule has 2 amide bonds. The molecule has 1 heterocycles. The highest BCUT2D eigenvalue weighted by Crippen LogP contribution is 2.22. The van der Waals surface area contributed by atoms with Gasteiger partial charge >= 0.3 is 0 Å². The first-order valence-corrected chi connectivity index (χ1v) is 8.01. The molecule has 1 aliphatic heterocycles. The highest BCUT2D eigenvalue weighted by molar-refractivity contribution is 6.30. The second-order valence-electron chi connectivity index (χ2n) is 5.68. The number of carbonyl (C=O) groups is 2. The van der Waals surface area contributed by atoms with Crippen LogP contribution in [0.1, 0.15) is 12.0 Å². The zero-order valence-electron chi connectivity index (χ0n) is 12.8. The lowest BCUT2D eigenvalue weighted by Gasteiger charge is -2.17. The lowest BCUT2D eigenvalue weighted by molar-refractivity contribution is -0.126. The monoisotopic (exact) mass is 346 g/mol. The molecule has 0 spiro atoms. The lowest BCUT2D eigenvalue weighted by atomic mass is 10.1. The van der Waals surface area contributed by atoms with Gasteiger partial charge < -0.3 is 10.2 Å². The third-order valence-corrected chi connectivity index (χ3v) is 4.21. The smallest absolute Gasteiger partial charge is 0.249 e. The number of halogens is 2. The van der Waals surface area contributed by atoms with Crippen molar-refractivity contribution >= 4 is 29.1 Å². The van der Waals surface area contributed by atoms with Crippen molar-refractivity contribution in [2.24, 2.45) is 0 Å². The molecule has 24 heavy (non-hydrogen) atoms. The normalized spacial score (nSPS) is 17.2. The van der Waals surface area contributed by atoms with E-state index in [1.165, 1.54) is 12.1 Å². The van der Waals surface area contributed by atoms with Gasteiger partial charge in [-0.2, -0.15) is 0 Å². The minimum Gasteiger partial charge on any atom is -0.344 e. The molecule has 1 fully saturated rings. The van der Waals surface area contributed by atoms with Gasteiger partial charge in [0, 0.05) is 17.3 Å². The fraction of sp³-hybridized carbons (Fsp3) is 0.222. The molecule has 0 bridgehead atoms. The number of hydrogen-bond donors (Lipinski definition) is 1. The largest absolute Gasteiger partial charge is 0.344 e. The van der Waals surface area contributed by atoms with Crippen LogP contribution in [0.4, 0.5) is 10.1 Å². The second kappa shape index (κ2) is 7.01. The number of hydrogen-bond acceptors (Lipinski definition) is 2. The Balaban J connectivity index is 1.60. The minimum atomic E-state index is -0.546. The van der Waals surface area contributed by atoms with Crippen LogP contribution in [0.25, 0.3) is 0 Å². The van der Waals surface area contributed by atoms with Crippen LogP contribution in [0, 0.1) is 5.82 Å². The Labute approximate surface area is 144 Å². The fourth-order valence-electron chi connectivity index (χ4n) is 2.72. The molecule has 1 saturated heterocycles. The van der Waals surface area contributed by atoms with Crippen LogP contribution in [0.3, 0.4) is 0 Å². The molecule has 1 N–H and O–H groups in total. The summed E-state index contributed by atoms with van der Waals surface area (Å²) < 4.78 is 13.0. The topological polar surface area (TPSA) is 49.4 Å². The highest BCUT2D eigenvalue weighted by Gasteiger charge is 2.33. The van der Waals surface area contributed by atoms with Crippen molar-refractivity contribution in [3.63, 3.8) is 0 Å². The maximum absolute atomic E-state index is 13.0. The Morgan fingerprint density at radius 3 is 2.50 bits per heavy atom. The predicted molar refractivity (Wildman–Crippen MR) is 90.5 cm³/mol. The molecule has 1 atom stereocenters. The van der Waals surface area contributed by atoms with Gasteiger partial charge in [0.05, 0.1) is 6.42 Å². The van der Waals surface area contributed by atoms with Gasteiger partial charge in [-0.1, -0.05) is 23.7 Å². The van der Waals surface area contributed by atoms with Crippen LogP contribution in [0.2, 0.25) is 5.02 Å². The number of benzene rings is 2. The van der Waals surface area contributed by atoms with E-state index in [4.69, 9.17) is 11.6 Å². The zero-order valence-corrected chi connectivity index (χ0v) is 13.6. The molecule has 0 radical (unpaired) electrons. The summed E-state index contributed by atoms with van der Waals surface area (Å²) in [7, 11) is 0. The van der Waals surface area contributed by atoms with E-state index in [9.17, 15) is 14.0 Å². The lowest BCUT2D eigenvalue weighted by Crippen LogP contribution is -2.42. The minimum absolute atomic E-state index is 0.175. The van der Waals surface area contributed by atoms with E-state index in [0.29, 0.717) is 23.7 Å². The van der Waals surface area contributed by atoms with Gasteiger partial charge in [0.2, 0.25) is 11.8 Å². The van der Waals surface area contributed by atoms with Gasteiger partial charge in [0.25, 0.3) is 0 Å². The molecule has 0 aliphatic carbocycles. The average molecular weight is 347 g/mol. The Kier molecular flexibility index (Phi) is 4.81. The van der Waals surface area contributed by atoms with E-state index in [1.807, 2.05) is 0 Å². The van der Waals surface area contributed by atoms with Gasteiger partial charge in [0.1, 0.15) is 11.9 Å². The quantitative estimate of drug-likeness (QED) is 0.925. The van der Waals surface area contributed by atoms with Crippen molar-refractivity contribution in [1.82, 2.24) is 5.32 Å². The Morgan fingerprint density at radius 2 is 1.83 bits per heavy atom. The molecule has 2 aromatic carbocycles. The van der Waals surface area contributed by atoms with Crippen LogP contribution in [0.5, 0.6) is 0 Å². The van der Waals surface area contributed by atoms with Gasteiger partial charge in [0.15, 0.2) is 0 Å². The number of amides is 2. The number of carbonyl (C=O) groups excluding carboxylic acids is 2. The summed E-state index contributed by atoms with van der Waals surface area (Å²) in [6, 6.07) is 12.2. The molecule has 4 nitrogen and oxygen atoms in total. The summed E-state index contributed by atoms with van der Waals surface area (Å²) >= 11 is 5.81. The van der Waals surface area contributed by atoms with E-state index >= 15 is 0 Å². The predicted octanol–water partition coefficient (Wildman–Crippen LogP) is 2.94. The molecule has 2 aromatic rings. The summed E-state index contributed by atoms with van der Waals surface area (Å²) in [5, 5.41) is 3.38. The van der Waals surface area contributed by atoms with E-state index in [2.05, 4.69) is 5.32 Å². The molecule has 1 aliphatic rings. The van der Waals surface area contributed by atoms with Crippen LogP contribution in [-0.2, 0) is 16.0 Å². The molecule has 0 saturated carbocycles. The van der Waals surface area contributed by atoms with Gasteiger partial charge in [-0.15, -0.1) is 0 Å². The van der Waals surface area contributed by atoms with Crippen molar-refractivity contribution in [3.05, 3.63) is 64.9 Å². The highest BCUT2D eigenvalue weighted by atomic mass is 35.5. The summed E-state index contributed by atoms with van der Waals surface area (Å²) in [6.45, 7) is 0.496. The van der Waals surface area contributed by atoms with Gasteiger partial charge in [-0.25, -0.2) is 4.39 Å². The first-order valence-electron chi connectivity index (χ1n) is 7.64. The van der Waals surface area contributed by atoms with E-state index < -0.39 is 6.04 Å². The Hall–Kier alpha value is -2.40. The van der Waals surface area contributed by atoms with Crippen molar-refractivity contribution in [3.8, 4) is 0 Å². The van der Waals surface area contributed by atoms with Crippen molar-refractivity contribution < 1.29 is 14.0 Å². The summed E-state index contributed by atoms with van der Waals surface area (Å²) in [6.07, 6.45) is 0.722. The molecule has 1 unspecified atom stereocenters. The molecule has 0 aromatic heterocycles. The van der Waals surface area contributed by atoms with E-state index in [1.54, 1.807) is 41.3 Å². The van der Waals surface area contributed by atoms with Crippen LogP contribution < -0.4 is 10.2 Å². The third kappa shape index (κ3) is 3.74. The SMILES string of the molecule is O=C(Cc1ccc(Cl)cc1)NC1CCN(c2ccc(F)cc2)C1=O. The molecular formula is C18H16ClFN2O2. The summed E-state index contributed by atoms with van der Waals surface area (Å²) in [5.74, 6) is -0.735. The van der Waals surface area contributed by atoms with Crippen LogP contribution in [-0.4, -0.2) is 24.4 Å². The fourth-order valence-corrected chi connectivity index (χ4v) is 2.85. The first-order chi connectivity index (χ1) is 11.5. The number of rotatable bonds is 4. The Bertz CT molecular complexity index is 747. The number of nitrogens with zero attached hydrogens (tertiary/aromatic N) is 1. The van der Waals surface area contributed by atoms with Crippen molar-refractivity contribution in [2.45, 2.75) is 18.9 Å². The molecule has 3 rings (SSSR count). The van der Waals surface area contributed by atoms with Gasteiger partial charge in [-0.05, 0) is 48.4 Å². The maximum Gasteiger partial charge on any atom is 0.249 e. The van der Waals surface area contributed by atoms with Gasteiger partial charge in [-0.3, -0.25) is 9.59 Å². The zero-order chi connectivity index (χ0) is 17.1. The van der Waals surface area contributed by atoms with Crippen molar-refractivity contribution in [2.75, 3.05) is 11.4 Å². The van der Waals surface area contributed by atoms with Crippen LogP contribution >= 0.6 is 11.6 Å². The summed E-state index contributed by atoms with van der Waals surface area (Å²) in [4.78, 5) is 26.1. The van der Waals surface area contributed by atoms with E-state index in [0.717, 1.165) is 5.56 Å². The third-order valence-electron chi connectivity index (χ3n) is 3.96. The Morgan fingerprint density at radius 1 is 1.17 bits per heavy atom.